The van der Waals surface area contributed by atoms with E-state index in [1.54, 1.807) is 13.1 Å². The molecule has 0 spiro atoms. The van der Waals surface area contributed by atoms with E-state index < -0.39 is 17.6 Å². The Bertz CT molecular complexity index is 382. The van der Waals surface area contributed by atoms with Crippen LogP contribution >= 0.6 is 0 Å². The van der Waals surface area contributed by atoms with Crippen molar-refractivity contribution in [1.29, 1.82) is 0 Å². The van der Waals surface area contributed by atoms with Gasteiger partial charge in [-0.2, -0.15) is 13.2 Å². The van der Waals surface area contributed by atoms with Gasteiger partial charge >= 0.3 is 6.18 Å². The molecular formula is C11H11F4N. The van der Waals surface area contributed by atoms with Gasteiger partial charge in [0.15, 0.2) is 0 Å². The van der Waals surface area contributed by atoms with Crippen LogP contribution in [0.2, 0.25) is 0 Å². The van der Waals surface area contributed by atoms with Crippen LogP contribution in [0.3, 0.4) is 0 Å². The van der Waals surface area contributed by atoms with E-state index in [0.29, 0.717) is 12.6 Å². The number of halogens is 4. The lowest BCUT2D eigenvalue weighted by molar-refractivity contribution is -0.137. The minimum atomic E-state index is -4.54. The van der Waals surface area contributed by atoms with Crippen molar-refractivity contribution in [3.05, 3.63) is 41.2 Å². The average molecular weight is 233 g/mol. The summed E-state index contributed by atoms with van der Waals surface area (Å²) >= 11 is 0. The monoisotopic (exact) mass is 233 g/mol. The molecule has 1 rings (SSSR count). The zero-order valence-electron chi connectivity index (χ0n) is 8.61. The summed E-state index contributed by atoms with van der Waals surface area (Å²) in [5.41, 5.74) is -0.996. The quantitative estimate of drug-likeness (QED) is 0.791. The predicted molar refractivity (Wildman–Crippen MR) is 54.4 cm³/mol. The molecule has 0 unspecified atom stereocenters. The molecule has 0 fully saturated rings. The second-order valence-electron chi connectivity index (χ2n) is 3.19. The van der Waals surface area contributed by atoms with Gasteiger partial charge in [0, 0.05) is 6.54 Å². The Balaban J connectivity index is 3.08. The van der Waals surface area contributed by atoms with Crippen LogP contribution in [0, 0.1) is 5.82 Å². The minimum Gasteiger partial charge on any atom is -0.316 e. The summed E-state index contributed by atoms with van der Waals surface area (Å²) in [4.78, 5) is 0. The van der Waals surface area contributed by atoms with Crippen LogP contribution < -0.4 is 5.32 Å². The Morgan fingerprint density at radius 2 is 2.00 bits per heavy atom. The van der Waals surface area contributed by atoms with Crippen LogP contribution in [0.1, 0.15) is 11.1 Å². The van der Waals surface area contributed by atoms with E-state index in [1.807, 2.05) is 0 Å². The maximum Gasteiger partial charge on any atom is 0.417 e. The van der Waals surface area contributed by atoms with Crippen molar-refractivity contribution in [2.45, 2.75) is 6.18 Å². The maximum absolute atomic E-state index is 12.7. The molecule has 1 N–H and O–H groups in total. The van der Waals surface area contributed by atoms with Crippen LogP contribution in [-0.2, 0) is 6.18 Å². The highest BCUT2D eigenvalue weighted by molar-refractivity contribution is 5.54. The van der Waals surface area contributed by atoms with Gasteiger partial charge in [-0.25, -0.2) is 4.39 Å². The molecular weight excluding hydrogens is 222 g/mol. The number of hydrogen-bond acceptors (Lipinski definition) is 1. The smallest absolute Gasteiger partial charge is 0.316 e. The lowest BCUT2D eigenvalue weighted by Gasteiger charge is -2.10. The van der Waals surface area contributed by atoms with Gasteiger partial charge in [-0.3, -0.25) is 0 Å². The first-order valence-corrected chi connectivity index (χ1v) is 4.63. The Kier molecular flexibility index (Phi) is 4.06. The van der Waals surface area contributed by atoms with Gasteiger partial charge in [0.1, 0.15) is 5.82 Å². The summed E-state index contributed by atoms with van der Waals surface area (Å²) in [6.45, 7) is 0.453. The van der Waals surface area contributed by atoms with E-state index in [0.717, 1.165) is 12.1 Å². The first kappa shape index (κ1) is 12.7. The topological polar surface area (TPSA) is 12.0 Å². The zero-order chi connectivity index (χ0) is 12.2. The van der Waals surface area contributed by atoms with Crippen LogP contribution in [0.25, 0.3) is 6.08 Å². The molecule has 0 saturated heterocycles. The lowest BCUT2D eigenvalue weighted by atomic mass is 10.1. The Hall–Kier alpha value is -1.36. The molecule has 0 aromatic heterocycles. The van der Waals surface area contributed by atoms with E-state index >= 15 is 0 Å². The fourth-order valence-electron chi connectivity index (χ4n) is 1.22. The highest BCUT2D eigenvalue weighted by atomic mass is 19.4. The second-order valence-corrected chi connectivity index (χ2v) is 3.19. The second kappa shape index (κ2) is 5.12. The van der Waals surface area contributed by atoms with E-state index in [4.69, 9.17) is 0 Å². The third kappa shape index (κ3) is 3.34. The molecule has 0 atom stereocenters. The molecule has 0 heterocycles. The minimum absolute atomic E-state index is 0.0378. The van der Waals surface area contributed by atoms with Crippen LogP contribution in [0.4, 0.5) is 17.6 Å². The normalized spacial score (nSPS) is 12.3. The fourth-order valence-corrected chi connectivity index (χ4v) is 1.22. The van der Waals surface area contributed by atoms with Crippen molar-refractivity contribution in [3.63, 3.8) is 0 Å². The van der Waals surface area contributed by atoms with Crippen molar-refractivity contribution >= 4 is 6.08 Å². The van der Waals surface area contributed by atoms with E-state index in [1.165, 1.54) is 6.08 Å². The summed E-state index contributed by atoms with van der Waals surface area (Å²) < 4.78 is 50.3. The number of rotatable bonds is 3. The van der Waals surface area contributed by atoms with Crippen LogP contribution in [0.15, 0.2) is 24.3 Å². The van der Waals surface area contributed by atoms with Crippen molar-refractivity contribution in [1.82, 2.24) is 5.32 Å². The summed E-state index contributed by atoms with van der Waals surface area (Å²) in [6, 6.07) is 2.62. The molecule has 0 aliphatic carbocycles. The zero-order valence-corrected chi connectivity index (χ0v) is 8.61. The van der Waals surface area contributed by atoms with Gasteiger partial charge in [0.05, 0.1) is 5.56 Å². The third-order valence-corrected chi connectivity index (χ3v) is 1.94. The maximum atomic E-state index is 12.7. The van der Waals surface area contributed by atoms with Crippen molar-refractivity contribution in [2.75, 3.05) is 13.6 Å². The summed E-state index contributed by atoms with van der Waals surface area (Å²) in [6.07, 6.45) is -1.68. The van der Waals surface area contributed by atoms with E-state index in [9.17, 15) is 17.6 Å². The van der Waals surface area contributed by atoms with E-state index in [2.05, 4.69) is 5.32 Å². The van der Waals surface area contributed by atoms with E-state index in [-0.39, 0.29) is 5.56 Å². The summed E-state index contributed by atoms with van der Waals surface area (Å²) in [7, 11) is 1.68. The number of benzene rings is 1. The molecule has 1 aromatic rings. The van der Waals surface area contributed by atoms with Gasteiger partial charge < -0.3 is 5.32 Å². The molecule has 0 aliphatic heterocycles. The number of nitrogens with one attached hydrogen (secondary N) is 1. The van der Waals surface area contributed by atoms with Crippen molar-refractivity contribution in [3.8, 4) is 0 Å². The molecule has 5 heteroatoms. The molecule has 0 bridgehead atoms. The van der Waals surface area contributed by atoms with Gasteiger partial charge in [-0.05, 0) is 24.7 Å². The SMILES string of the molecule is CNCC=Cc1ccc(F)cc1C(F)(F)F. The molecule has 0 radical (unpaired) electrons. The number of likely N-dealkylation sites (N-methyl/N-ethyl adjacent to an activating group) is 1. The standard InChI is InChI=1S/C11H11F4N/c1-16-6-2-3-8-4-5-9(12)7-10(8)11(13,14)15/h2-5,7,16H,6H2,1H3. The molecule has 1 nitrogen and oxygen atoms in total. The first-order chi connectivity index (χ1) is 7.45. The largest absolute Gasteiger partial charge is 0.417 e. The highest BCUT2D eigenvalue weighted by Crippen LogP contribution is 2.33. The van der Waals surface area contributed by atoms with Gasteiger partial charge in [-0.15, -0.1) is 0 Å². The molecule has 0 aliphatic rings. The summed E-state index contributed by atoms with van der Waals surface area (Å²) in [5.74, 6) is -0.891. The van der Waals surface area contributed by atoms with Gasteiger partial charge in [0.25, 0.3) is 0 Å². The van der Waals surface area contributed by atoms with Crippen LogP contribution in [0.5, 0.6) is 0 Å². The predicted octanol–water partition coefficient (Wildman–Crippen LogP) is 3.08. The Morgan fingerprint density at radius 1 is 1.31 bits per heavy atom. The Labute approximate surface area is 90.8 Å². The first-order valence-electron chi connectivity index (χ1n) is 4.63. The van der Waals surface area contributed by atoms with Crippen molar-refractivity contribution < 1.29 is 17.6 Å². The fraction of sp³-hybridized carbons (Fsp3) is 0.273. The number of hydrogen-bond donors (Lipinski definition) is 1. The van der Waals surface area contributed by atoms with Crippen LogP contribution in [-0.4, -0.2) is 13.6 Å². The molecule has 16 heavy (non-hydrogen) atoms. The third-order valence-electron chi connectivity index (χ3n) is 1.94. The van der Waals surface area contributed by atoms with Gasteiger partial charge in [-0.1, -0.05) is 18.2 Å². The summed E-state index contributed by atoms with van der Waals surface area (Å²) in [5, 5.41) is 2.77. The van der Waals surface area contributed by atoms with Gasteiger partial charge in [0.2, 0.25) is 0 Å². The average Bonchev–Trinajstić information content (AvgIpc) is 2.19. The molecule has 0 saturated carbocycles. The molecule has 88 valence electrons. The Morgan fingerprint density at radius 3 is 2.56 bits per heavy atom. The molecule has 0 amide bonds. The molecule has 1 aromatic carbocycles. The highest BCUT2D eigenvalue weighted by Gasteiger charge is 2.33. The lowest BCUT2D eigenvalue weighted by Crippen LogP contribution is -2.08. The van der Waals surface area contributed by atoms with Crippen molar-refractivity contribution in [2.24, 2.45) is 0 Å². The number of alkyl halides is 3.